The Labute approximate surface area is 120 Å². The van der Waals surface area contributed by atoms with Crippen LogP contribution >= 0.6 is 0 Å². The van der Waals surface area contributed by atoms with Gasteiger partial charge in [0.2, 0.25) is 0 Å². The van der Waals surface area contributed by atoms with E-state index in [1.807, 2.05) is 25.7 Å². The first-order valence-electron chi connectivity index (χ1n) is 7.76. The van der Waals surface area contributed by atoms with Gasteiger partial charge in [-0.3, -0.25) is 4.79 Å². The molecule has 2 aliphatic carbocycles. The summed E-state index contributed by atoms with van der Waals surface area (Å²) in [5, 5.41) is 0. The van der Waals surface area contributed by atoms with Crippen molar-refractivity contribution in [2.75, 3.05) is 6.54 Å². The zero-order chi connectivity index (χ0) is 14.7. The fourth-order valence-corrected chi connectivity index (χ4v) is 4.91. The van der Waals surface area contributed by atoms with Crippen LogP contribution < -0.4 is 0 Å². The second-order valence-corrected chi connectivity index (χ2v) is 7.77. The highest BCUT2D eigenvalue weighted by molar-refractivity contribution is 5.84. The van der Waals surface area contributed by atoms with Crippen molar-refractivity contribution in [2.24, 2.45) is 17.3 Å². The Morgan fingerprint density at radius 2 is 1.95 bits per heavy atom. The number of fused-ring (bicyclic) bond motifs is 1. The Bertz CT molecular complexity index is 453. The molecule has 0 aromatic rings. The maximum atomic E-state index is 12.4. The number of carbonyl (C=O) groups excluding carboxylic acids is 2. The van der Waals surface area contributed by atoms with E-state index in [-0.39, 0.29) is 29.3 Å². The lowest BCUT2D eigenvalue weighted by Gasteiger charge is -2.55. The second-order valence-electron chi connectivity index (χ2n) is 7.77. The van der Waals surface area contributed by atoms with Crippen molar-refractivity contribution in [3.05, 3.63) is 0 Å². The summed E-state index contributed by atoms with van der Waals surface area (Å²) in [6.45, 7) is 8.07. The number of hydrogen-bond acceptors (Lipinski definition) is 3. The van der Waals surface area contributed by atoms with Crippen LogP contribution in [0.4, 0.5) is 4.79 Å². The molecule has 112 valence electrons. The first-order valence-corrected chi connectivity index (χ1v) is 7.76. The molecule has 0 aromatic heterocycles. The predicted molar refractivity (Wildman–Crippen MR) is 75.3 cm³/mol. The summed E-state index contributed by atoms with van der Waals surface area (Å²) in [5.74, 6) is 0.831. The number of rotatable bonds is 1. The van der Waals surface area contributed by atoms with Crippen molar-refractivity contribution in [2.45, 2.75) is 65.0 Å². The van der Waals surface area contributed by atoms with E-state index in [2.05, 4.69) is 0 Å². The molecule has 4 nitrogen and oxygen atoms in total. The smallest absolute Gasteiger partial charge is 0.410 e. The van der Waals surface area contributed by atoms with Crippen LogP contribution in [0.15, 0.2) is 0 Å². The number of hydrogen-bond donors (Lipinski definition) is 0. The van der Waals surface area contributed by atoms with Gasteiger partial charge in [-0.15, -0.1) is 0 Å². The number of nitrogens with zero attached hydrogens (tertiary/aromatic N) is 1. The number of ketones is 1. The van der Waals surface area contributed by atoms with E-state index < -0.39 is 5.60 Å². The summed E-state index contributed by atoms with van der Waals surface area (Å²) < 4.78 is 5.53. The molecule has 1 spiro atoms. The minimum Gasteiger partial charge on any atom is -0.444 e. The van der Waals surface area contributed by atoms with Crippen LogP contribution in [0.3, 0.4) is 0 Å². The van der Waals surface area contributed by atoms with Crippen molar-refractivity contribution in [3.63, 3.8) is 0 Å². The van der Waals surface area contributed by atoms with Crippen LogP contribution in [-0.2, 0) is 9.53 Å². The fraction of sp³-hybridized carbons (Fsp3) is 0.875. The normalized spacial score (nSPS) is 39.0. The molecule has 0 aromatic carbocycles. The number of Topliss-reactive ketones (excluding diaryl/α,β-unsaturated/α-hetero) is 1. The summed E-state index contributed by atoms with van der Waals surface area (Å²) in [6, 6.07) is 0.0997. The molecule has 2 aliphatic heterocycles. The van der Waals surface area contributed by atoms with Crippen molar-refractivity contribution in [3.8, 4) is 0 Å². The highest BCUT2D eigenvalue weighted by Crippen LogP contribution is 2.66. The monoisotopic (exact) mass is 279 g/mol. The molecule has 20 heavy (non-hydrogen) atoms. The molecular weight excluding hydrogens is 254 g/mol. The summed E-state index contributed by atoms with van der Waals surface area (Å²) in [7, 11) is 0. The molecular formula is C16H25NO3. The van der Waals surface area contributed by atoms with E-state index in [0.717, 1.165) is 19.4 Å². The van der Waals surface area contributed by atoms with E-state index >= 15 is 0 Å². The Morgan fingerprint density at radius 3 is 2.55 bits per heavy atom. The molecule has 0 N–H and O–H groups in total. The molecule has 2 saturated heterocycles. The van der Waals surface area contributed by atoms with Crippen LogP contribution in [0.1, 0.15) is 53.4 Å². The average molecular weight is 279 g/mol. The maximum Gasteiger partial charge on any atom is 0.410 e. The van der Waals surface area contributed by atoms with Gasteiger partial charge < -0.3 is 9.64 Å². The average Bonchev–Trinajstić information content (AvgIpc) is 2.78. The van der Waals surface area contributed by atoms with Gasteiger partial charge in [-0.1, -0.05) is 12.8 Å². The Hall–Kier alpha value is -1.06. The molecule has 4 unspecified atom stereocenters. The molecule has 4 rings (SSSR count). The molecule has 2 saturated carbocycles. The van der Waals surface area contributed by atoms with Gasteiger partial charge in [-0.05, 0) is 46.5 Å². The number of ether oxygens (including phenoxy) is 1. The van der Waals surface area contributed by atoms with Crippen LogP contribution in [0.5, 0.6) is 0 Å². The minimum absolute atomic E-state index is 0.0559. The SMILES string of the molecule is CC(=O)C1C2C3CCCCC31CN2C(=O)OC(C)(C)C. The highest BCUT2D eigenvalue weighted by atomic mass is 16.6. The first-order chi connectivity index (χ1) is 9.26. The summed E-state index contributed by atoms with van der Waals surface area (Å²) in [4.78, 5) is 26.3. The van der Waals surface area contributed by atoms with Crippen LogP contribution in [0.25, 0.3) is 0 Å². The molecule has 4 aliphatic rings. The van der Waals surface area contributed by atoms with Crippen molar-refractivity contribution in [1.29, 1.82) is 0 Å². The third kappa shape index (κ3) is 1.80. The first kappa shape index (κ1) is 13.9. The molecule has 1 amide bonds. The Balaban J connectivity index is 1.83. The summed E-state index contributed by atoms with van der Waals surface area (Å²) in [5.41, 5.74) is -0.399. The largest absolute Gasteiger partial charge is 0.444 e. The van der Waals surface area contributed by atoms with Gasteiger partial charge in [0, 0.05) is 23.9 Å². The minimum atomic E-state index is -0.474. The van der Waals surface area contributed by atoms with Gasteiger partial charge in [-0.25, -0.2) is 4.79 Å². The quantitative estimate of drug-likeness (QED) is 0.741. The lowest BCUT2D eigenvalue weighted by Crippen LogP contribution is -2.60. The number of carbonyl (C=O) groups is 2. The van der Waals surface area contributed by atoms with E-state index in [1.54, 1.807) is 6.92 Å². The third-order valence-corrected chi connectivity index (χ3v) is 5.41. The van der Waals surface area contributed by atoms with Crippen molar-refractivity contribution >= 4 is 11.9 Å². The van der Waals surface area contributed by atoms with Crippen LogP contribution in [0, 0.1) is 17.3 Å². The molecule has 4 heteroatoms. The van der Waals surface area contributed by atoms with Gasteiger partial charge in [0.1, 0.15) is 11.4 Å². The predicted octanol–water partition coefficient (Wildman–Crippen LogP) is 3.00. The summed E-state index contributed by atoms with van der Waals surface area (Å²) in [6.07, 6.45) is 4.44. The molecule has 0 radical (unpaired) electrons. The second kappa shape index (κ2) is 4.22. The van der Waals surface area contributed by atoms with E-state index in [0.29, 0.717) is 5.92 Å². The van der Waals surface area contributed by atoms with E-state index in [4.69, 9.17) is 4.74 Å². The highest BCUT2D eigenvalue weighted by Gasteiger charge is 2.72. The third-order valence-electron chi connectivity index (χ3n) is 5.41. The van der Waals surface area contributed by atoms with Crippen LogP contribution in [0.2, 0.25) is 0 Å². The molecule has 2 bridgehead atoms. The zero-order valence-electron chi connectivity index (χ0n) is 12.9. The Kier molecular flexibility index (Phi) is 2.93. The van der Waals surface area contributed by atoms with Crippen molar-refractivity contribution < 1.29 is 14.3 Å². The number of amides is 1. The van der Waals surface area contributed by atoms with Gasteiger partial charge >= 0.3 is 6.09 Å². The molecule has 2 heterocycles. The summed E-state index contributed by atoms with van der Waals surface area (Å²) >= 11 is 0. The Morgan fingerprint density at radius 1 is 1.25 bits per heavy atom. The van der Waals surface area contributed by atoms with Crippen molar-refractivity contribution in [1.82, 2.24) is 4.90 Å². The molecule has 4 fully saturated rings. The standard InChI is InChI=1S/C16H25NO3/c1-10(18)12-13-11-7-5-6-8-16(11,12)9-17(13)14(19)20-15(2,3)4/h11-13H,5-9H2,1-4H3. The lowest BCUT2D eigenvalue weighted by atomic mass is 9.47. The van der Waals surface area contributed by atoms with Gasteiger partial charge in [0.15, 0.2) is 0 Å². The van der Waals surface area contributed by atoms with Gasteiger partial charge in [0.25, 0.3) is 0 Å². The zero-order valence-corrected chi connectivity index (χ0v) is 12.9. The molecule has 4 atom stereocenters. The van der Waals surface area contributed by atoms with Gasteiger partial charge in [0.05, 0.1) is 0 Å². The van der Waals surface area contributed by atoms with Gasteiger partial charge in [-0.2, -0.15) is 0 Å². The topological polar surface area (TPSA) is 46.6 Å². The van der Waals surface area contributed by atoms with E-state index in [9.17, 15) is 9.59 Å². The lowest BCUT2D eigenvalue weighted by molar-refractivity contribution is -0.140. The maximum absolute atomic E-state index is 12.4. The van der Waals surface area contributed by atoms with E-state index in [1.165, 1.54) is 12.8 Å². The fourth-order valence-electron chi connectivity index (χ4n) is 4.91. The van der Waals surface area contributed by atoms with Crippen LogP contribution in [-0.4, -0.2) is 35.0 Å².